The van der Waals surface area contributed by atoms with E-state index in [0.717, 1.165) is 10.9 Å². The number of benzene rings is 2. The fraction of sp³-hybridized carbons (Fsp3) is 0.312. The zero-order valence-electron chi connectivity index (χ0n) is 10.9. The lowest BCUT2D eigenvalue weighted by Crippen LogP contribution is -2.18. The summed E-state index contributed by atoms with van der Waals surface area (Å²) in [6.07, 6.45) is 6.73. The van der Waals surface area contributed by atoms with Crippen molar-refractivity contribution in [2.24, 2.45) is 0 Å². The van der Waals surface area contributed by atoms with E-state index >= 15 is 0 Å². The zero-order chi connectivity index (χ0) is 13.1. The summed E-state index contributed by atoms with van der Waals surface area (Å²) >= 11 is 1.74. The Morgan fingerprint density at radius 3 is 2.53 bits per heavy atom. The number of rotatable bonds is 4. The van der Waals surface area contributed by atoms with Crippen LogP contribution in [0.5, 0.6) is 0 Å². The summed E-state index contributed by atoms with van der Waals surface area (Å²) in [6.45, 7) is 0. The van der Waals surface area contributed by atoms with Gasteiger partial charge in [-0.15, -0.1) is 0 Å². The normalized spacial score (nSPS) is 16.0. The van der Waals surface area contributed by atoms with Crippen molar-refractivity contribution in [2.45, 2.75) is 36.6 Å². The molecule has 0 amide bonds. The van der Waals surface area contributed by atoms with Gasteiger partial charge in [-0.3, -0.25) is 4.72 Å². The van der Waals surface area contributed by atoms with Crippen LogP contribution in [0.4, 0.5) is 0 Å². The van der Waals surface area contributed by atoms with Gasteiger partial charge in [0.05, 0.1) is 0 Å². The van der Waals surface area contributed by atoms with Crippen LogP contribution in [0.1, 0.15) is 31.2 Å². The van der Waals surface area contributed by atoms with Crippen molar-refractivity contribution in [3.63, 3.8) is 0 Å². The molecule has 1 aliphatic rings. The van der Waals surface area contributed by atoms with Gasteiger partial charge in [0.15, 0.2) is 0 Å². The second-order valence-corrected chi connectivity index (χ2v) is 5.92. The molecule has 98 valence electrons. The second-order valence-electron chi connectivity index (χ2n) is 5.04. The maximum Gasteiger partial charge on any atom is 0.0307 e. The van der Waals surface area contributed by atoms with E-state index in [4.69, 9.17) is 5.41 Å². The van der Waals surface area contributed by atoms with E-state index in [9.17, 15) is 0 Å². The van der Waals surface area contributed by atoms with Gasteiger partial charge in [-0.05, 0) is 47.2 Å². The molecule has 0 heterocycles. The molecular weight excluding hydrogens is 252 g/mol. The third-order valence-electron chi connectivity index (χ3n) is 3.76. The van der Waals surface area contributed by atoms with Crippen molar-refractivity contribution >= 4 is 28.9 Å². The molecule has 2 aromatic carbocycles. The SMILES string of the molecule is N=Cc1ccc(SNC2CCCC2)c2ccccc12. The summed E-state index contributed by atoms with van der Waals surface area (Å²) < 4.78 is 3.59. The van der Waals surface area contributed by atoms with Crippen LogP contribution in [0.25, 0.3) is 10.8 Å². The highest BCUT2D eigenvalue weighted by molar-refractivity contribution is 7.97. The minimum absolute atomic E-state index is 0.658. The van der Waals surface area contributed by atoms with Gasteiger partial charge in [0.25, 0.3) is 0 Å². The monoisotopic (exact) mass is 270 g/mol. The fourth-order valence-electron chi connectivity index (χ4n) is 2.70. The molecule has 2 nitrogen and oxygen atoms in total. The smallest absolute Gasteiger partial charge is 0.0307 e. The second kappa shape index (κ2) is 5.76. The van der Waals surface area contributed by atoms with Gasteiger partial charge in [0.2, 0.25) is 0 Å². The molecule has 19 heavy (non-hydrogen) atoms. The highest BCUT2D eigenvalue weighted by Gasteiger charge is 2.15. The minimum Gasteiger partial charge on any atom is -0.308 e. The molecule has 0 atom stereocenters. The Labute approximate surface area is 118 Å². The molecule has 1 saturated carbocycles. The summed E-state index contributed by atoms with van der Waals surface area (Å²) in [5, 5.41) is 9.88. The van der Waals surface area contributed by atoms with Crippen LogP contribution in [0, 0.1) is 5.41 Å². The van der Waals surface area contributed by atoms with E-state index in [0.29, 0.717) is 6.04 Å². The molecule has 3 heteroatoms. The molecule has 2 aromatic rings. The van der Waals surface area contributed by atoms with Crippen LogP contribution >= 0.6 is 11.9 Å². The summed E-state index contributed by atoms with van der Waals surface area (Å²) in [4.78, 5) is 1.26. The van der Waals surface area contributed by atoms with Gasteiger partial charge in [-0.1, -0.05) is 43.2 Å². The highest BCUT2D eigenvalue weighted by atomic mass is 32.2. The van der Waals surface area contributed by atoms with Crippen molar-refractivity contribution in [1.29, 1.82) is 5.41 Å². The molecule has 1 aliphatic carbocycles. The lowest BCUT2D eigenvalue weighted by atomic mass is 10.1. The van der Waals surface area contributed by atoms with E-state index in [1.54, 1.807) is 11.9 Å². The summed E-state index contributed by atoms with van der Waals surface area (Å²) in [5.74, 6) is 0. The summed E-state index contributed by atoms with van der Waals surface area (Å²) in [5.41, 5.74) is 0.987. The third kappa shape index (κ3) is 2.67. The molecule has 0 aliphatic heterocycles. The topological polar surface area (TPSA) is 35.9 Å². The molecule has 0 aromatic heterocycles. The first-order valence-electron chi connectivity index (χ1n) is 6.83. The van der Waals surface area contributed by atoms with Crippen molar-refractivity contribution in [3.05, 3.63) is 42.0 Å². The Balaban J connectivity index is 1.88. The molecule has 0 saturated heterocycles. The van der Waals surface area contributed by atoms with Crippen molar-refractivity contribution in [2.75, 3.05) is 0 Å². The van der Waals surface area contributed by atoms with E-state index in [1.165, 1.54) is 42.2 Å². The first kappa shape index (κ1) is 12.7. The first-order chi connectivity index (χ1) is 9.38. The summed E-state index contributed by atoms with van der Waals surface area (Å²) in [6, 6.07) is 13.1. The predicted octanol–water partition coefficient (Wildman–Crippen LogP) is 4.38. The number of nitrogens with one attached hydrogen (secondary N) is 2. The van der Waals surface area contributed by atoms with E-state index < -0.39 is 0 Å². The Morgan fingerprint density at radius 1 is 1.05 bits per heavy atom. The largest absolute Gasteiger partial charge is 0.308 e. The van der Waals surface area contributed by atoms with Crippen molar-refractivity contribution < 1.29 is 0 Å². The quantitative estimate of drug-likeness (QED) is 0.639. The first-order valence-corrected chi connectivity index (χ1v) is 7.65. The Morgan fingerprint density at radius 2 is 1.79 bits per heavy atom. The van der Waals surface area contributed by atoms with Crippen LogP contribution < -0.4 is 4.72 Å². The average molecular weight is 270 g/mol. The minimum atomic E-state index is 0.658. The van der Waals surface area contributed by atoms with E-state index in [2.05, 4.69) is 29.0 Å². The molecular formula is C16H18N2S. The standard InChI is InChI=1S/C16H18N2S/c17-11-12-9-10-16(15-8-4-3-7-14(12)15)19-18-13-5-1-2-6-13/h3-4,7-11,13,17-18H,1-2,5-6H2. The molecule has 2 N–H and O–H groups in total. The van der Waals surface area contributed by atoms with Gasteiger partial charge in [-0.2, -0.15) is 0 Å². The van der Waals surface area contributed by atoms with Gasteiger partial charge >= 0.3 is 0 Å². The molecule has 0 bridgehead atoms. The molecule has 0 spiro atoms. The molecule has 0 unspecified atom stereocenters. The van der Waals surface area contributed by atoms with E-state index in [-0.39, 0.29) is 0 Å². The van der Waals surface area contributed by atoms with Gasteiger partial charge in [-0.25, -0.2) is 0 Å². The maximum absolute atomic E-state index is 7.49. The number of hydrogen-bond donors (Lipinski definition) is 2. The van der Waals surface area contributed by atoms with Gasteiger partial charge in [0, 0.05) is 17.2 Å². The van der Waals surface area contributed by atoms with Gasteiger partial charge in [0.1, 0.15) is 0 Å². The zero-order valence-corrected chi connectivity index (χ0v) is 11.7. The predicted molar refractivity (Wildman–Crippen MR) is 83.1 cm³/mol. The highest BCUT2D eigenvalue weighted by Crippen LogP contribution is 2.30. The van der Waals surface area contributed by atoms with Gasteiger partial charge < -0.3 is 5.41 Å². The number of hydrogen-bond acceptors (Lipinski definition) is 3. The Bertz CT molecular complexity index is 588. The van der Waals surface area contributed by atoms with Crippen LogP contribution in [0.3, 0.4) is 0 Å². The molecule has 0 radical (unpaired) electrons. The Kier molecular flexibility index (Phi) is 3.85. The van der Waals surface area contributed by atoms with E-state index in [1.807, 2.05) is 12.1 Å². The summed E-state index contributed by atoms with van der Waals surface area (Å²) in [7, 11) is 0. The molecule has 3 rings (SSSR count). The maximum atomic E-state index is 7.49. The van der Waals surface area contributed by atoms with Crippen LogP contribution in [0.2, 0.25) is 0 Å². The average Bonchev–Trinajstić information content (AvgIpc) is 2.98. The lowest BCUT2D eigenvalue weighted by molar-refractivity contribution is 0.658. The van der Waals surface area contributed by atoms with Crippen LogP contribution in [-0.4, -0.2) is 12.3 Å². The third-order valence-corrected chi connectivity index (χ3v) is 4.79. The lowest BCUT2D eigenvalue weighted by Gasteiger charge is -2.13. The van der Waals surface area contributed by atoms with Crippen LogP contribution in [-0.2, 0) is 0 Å². The van der Waals surface area contributed by atoms with Crippen molar-refractivity contribution in [1.82, 2.24) is 4.72 Å². The van der Waals surface area contributed by atoms with Crippen LogP contribution in [0.15, 0.2) is 41.3 Å². The fourth-order valence-corrected chi connectivity index (χ4v) is 3.65. The van der Waals surface area contributed by atoms with Crippen molar-refractivity contribution in [3.8, 4) is 0 Å². The Hall–Kier alpha value is -1.32. The molecule has 1 fully saturated rings. The number of fused-ring (bicyclic) bond motifs is 1.